The van der Waals surface area contributed by atoms with Crippen LogP contribution in [0.25, 0.3) is 0 Å². The number of carbonyl (C=O) groups excluding carboxylic acids is 3. The average molecular weight is 490 g/mol. The Bertz CT molecular complexity index is 1250. The van der Waals surface area contributed by atoms with Gasteiger partial charge in [0.15, 0.2) is 11.5 Å². The SMILES string of the molecule is CCOc1ccc(N2C(=O)CC(N(Cc3cccnc3)C(=O)c3ccc(OC)c(OC)c3)C2=O)cc1. The Morgan fingerprint density at radius 3 is 2.44 bits per heavy atom. The molecule has 1 unspecified atom stereocenters. The molecule has 1 saturated heterocycles. The van der Waals surface area contributed by atoms with Gasteiger partial charge in [0.25, 0.3) is 11.8 Å². The van der Waals surface area contributed by atoms with Crippen LogP contribution in [-0.4, -0.2) is 54.5 Å². The zero-order valence-corrected chi connectivity index (χ0v) is 20.3. The minimum Gasteiger partial charge on any atom is -0.494 e. The fourth-order valence-corrected chi connectivity index (χ4v) is 4.14. The second-order valence-corrected chi connectivity index (χ2v) is 8.08. The van der Waals surface area contributed by atoms with E-state index in [1.54, 1.807) is 60.9 Å². The summed E-state index contributed by atoms with van der Waals surface area (Å²) in [5.41, 5.74) is 1.46. The number of ether oxygens (including phenoxy) is 3. The third-order valence-electron chi connectivity index (χ3n) is 5.87. The summed E-state index contributed by atoms with van der Waals surface area (Å²) < 4.78 is 16.1. The van der Waals surface area contributed by atoms with Gasteiger partial charge in [-0.05, 0) is 61.0 Å². The molecule has 1 aromatic heterocycles. The van der Waals surface area contributed by atoms with E-state index in [-0.39, 0.29) is 18.9 Å². The highest BCUT2D eigenvalue weighted by Crippen LogP contribution is 2.31. The van der Waals surface area contributed by atoms with Crippen LogP contribution in [0.1, 0.15) is 29.3 Å². The Morgan fingerprint density at radius 1 is 1.06 bits per heavy atom. The molecule has 1 aliphatic rings. The lowest BCUT2D eigenvalue weighted by atomic mass is 10.1. The van der Waals surface area contributed by atoms with Crippen LogP contribution in [-0.2, 0) is 16.1 Å². The van der Waals surface area contributed by atoms with Gasteiger partial charge in [0.2, 0.25) is 5.91 Å². The molecule has 1 aliphatic heterocycles. The van der Waals surface area contributed by atoms with Crippen molar-refractivity contribution in [2.75, 3.05) is 25.7 Å². The Morgan fingerprint density at radius 2 is 1.81 bits per heavy atom. The first-order valence-corrected chi connectivity index (χ1v) is 11.5. The van der Waals surface area contributed by atoms with Crippen LogP contribution in [0.5, 0.6) is 17.2 Å². The van der Waals surface area contributed by atoms with Crippen LogP contribution in [0, 0.1) is 0 Å². The fraction of sp³-hybridized carbons (Fsp3) is 0.259. The number of pyridine rings is 1. The van der Waals surface area contributed by atoms with Crippen molar-refractivity contribution in [3.63, 3.8) is 0 Å². The maximum Gasteiger partial charge on any atom is 0.257 e. The monoisotopic (exact) mass is 489 g/mol. The summed E-state index contributed by atoms with van der Waals surface area (Å²) >= 11 is 0. The maximum absolute atomic E-state index is 13.7. The number of hydrogen-bond donors (Lipinski definition) is 0. The molecular weight excluding hydrogens is 462 g/mol. The molecule has 0 spiro atoms. The van der Waals surface area contributed by atoms with Crippen molar-refractivity contribution in [2.24, 2.45) is 0 Å². The van der Waals surface area contributed by atoms with Gasteiger partial charge >= 0.3 is 0 Å². The predicted octanol–water partition coefficient (Wildman–Crippen LogP) is 3.47. The Hall–Kier alpha value is -4.40. The van der Waals surface area contributed by atoms with Gasteiger partial charge in [-0.15, -0.1) is 0 Å². The number of benzene rings is 2. The smallest absolute Gasteiger partial charge is 0.257 e. The van der Waals surface area contributed by atoms with E-state index < -0.39 is 17.9 Å². The molecule has 2 aromatic carbocycles. The molecule has 0 bridgehead atoms. The summed E-state index contributed by atoms with van der Waals surface area (Å²) in [6, 6.07) is 14.1. The largest absolute Gasteiger partial charge is 0.494 e. The van der Waals surface area contributed by atoms with Crippen molar-refractivity contribution in [3.8, 4) is 17.2 Å². The zero-order chi connectivity index (χ0) is 25.7. The van der Waals surface area contributed by atoms with Crippen LogP contribution in [0.15, 0.2) is 67.0 Å². The van der Waals surface area contributed by atoms with Gasteiger partial charge in [-0.1, -0.05) is 6.07 Å². The summed E-state index contributed by atoms with van der Waals surface area (Å²) in [6.07, 6.45) is 3.12. The van der Waals surface area contributed by atoms with E-state index in [1.165, 1.54) is 19.1 Å². The van der Waals surface area contributed by atoms with Crippen molar-refractivity contribution < 1.29 is 28.6 Å². The first kappa shape index (κ1) is 24.7. The highest BCUT2D eigenvalue weighted by atomic mass is 16.5. The molecule has 1 fully saturated rings. The number of anilines is 1. The molecule has 0 aliphatic carbocycles. The molecule has 3 amide bonds. The van der Waals surface area contributed by atoms with Crippen LogP contribution in [0.2, 0.25) is 0 Å². The molecule has 0 N–H and O–H groups in total. The van der Waals surface area contributed by atoms with E-state index >= 15 is 0 Å². The normalized spacial score (nSPS) is 15.1. The quantitative estimate of drug-likeness (QED) is 0.425. The first-order valence-electron chi connectivity index (χ1n) is 11.5. The molecule has 0 saturated carbocycles. The van der Waals surface area contributed by atoms with E-state index in [0.29, 0.717) is 35.1 Å². The van der Waals surface area contributed by atoms with Crippen LogP contribution in [0.4, 0.5) is 5.69 Å². The Balaban J connectivity index is 1.67. The number of rotatable bonds is 9. The number of nitrogens with zero attached hydrogens (tertiary/aromatic N) is 3. The summed E-state index contributed by atoms with van der Waals surface area (Å²) in [5.74, 6) is 0.224. The number of amides is 3. The van der Waals surface area contributed by atoms with Crippen LogP contribution >= 0.6 is 0 Å². The van der Waals surface area contributed by atoms with E-state index in [9.17, 15) is 14.4 Å². The van der Waals surface area contributed by atoms with Gasteiger partial charge in [0, 0.05) is 24.5 Å². The van der Waals surface area contributed by atoms with Gasteiger partial charge in [0.1, 0.15) is 11.8 Å². The molecular formula is C27H27N3O6. The van der Waals surface area contributed by atoms with Crippen molar-refractivity contribution in [2.45, 2.75) is 25.9 Å². The topological polar surface area (TPSA) is 98.3 Å². The van der Waals surface area contributed by atoms with Gasteiger partial charge in [0.05, 0.1) is 32.9 Å². The molecule has 186 valence electrons. The number of carbonyl (C=O) groups is 3. The summed E-state index contributed by atoms with van der Waals surface area (Å²) in [7, 11) is 2.99. The number of hydrogen-bond acceptors (Lipinski definition) is 7. The van der Waals surface area contributed by atoms with Crippen LogP contribution in [0.3, 0.4) is 0 Å². The molecule has 9 heteroatoms. The molecule has 1 atom stereocenters. The molecule has 0 radical (unpaired) electrons. The van der Waals surface area contributed by atoms with E-state index in [2.05, 4.69) is 4.98 Å². The molecule has 4 rings (SSSR count). The van der Waals surface area contributed by atoms with E-state index in [1.807, 2.05) is 13.0 Å². The average Bonchev–Trinajstić information content (AvgIpc) is 3.21. The van der Waals surface area contributed by atoms with Crippen molar-refractivity contribution >= 4 is 23.4 Å². The second-order valence-electron chi connectivity index (χ2n) is 8.08. The van der Waals surface area contributed by atoms with E-state index in [0.717, 1.165) is 10.5 Å². The minimum atomic E-state index is -0.982. The highest BCUT2D eigenvalue weighted by molar-refractivity contribution is 6.23. The lowest BCUT2D eigenvalue weighted by Crippen LogP contribution is -2.45. The van der Waals surface area contributed by atoms with Gasteiger partial charge in [-0.25, -0.2) is 4.90 Å². The third-order valence-corrected chi connectivity index (χ3v) is 5.87. The van der Waals surface area contributed by atoms with Crippen molar-refractivity contribution in [3.05, 3.63) is 78.1 Å². The lowest BCUT2D eigenvalue weighted by Gasteiger charge is -2.28. The number of imide groups is 1. The van der Waals surface area contributed by atoms with Gasteiger partial charge in [-0.2, -0.15) is 0 Å². The molecule has 9 nitrogen and oxygen atoms in total. The number of aromatic nitrogens is 1. The minimum absolute atomic E-state index is 0.0990. The molecule has 36 heavy (non-hydrogen) atoms. The standard InChI is InChI=1S/C27H27N3O6/c1-4-36-21-10-8-20(9-11-21)30-25(31)15-22(27(30)33)29(17-18-6-5-13-28-16-18)26(32)19-7-12-23(34-2)24(14-19)35-3/h5-14,16,22H,4,15,17H2,1-3H3. The van der Waals surface area contributed by atoms with Gasteiger partial charge < -0.3 is 19.1 Å². The summed E-state index contributed by atoms with van der Waals surface area (Å²) in [4.78, 5) is 46.9. The van der Waals surface area contributed by atoms with E-state index in [4.69, 9.17) is 14.2 Å². The van der Waals surface area contributed by atoms with Crippen molar-refractivity contribution in [1.29, 1.82) is 0 Å². The molecule has 2 heterocycles. The number of methoxy groups -OCH3 is 2. The van der Waals surface area contributed by atoms with Gasteiger partial charge in [-0.3, -0.25) is 19.4 Å². The predicted molar refractivity (Wildman–Crippen MR) is 132 cm³/mol. The Labute approximate surface area is 209 Å². The fourth-order valence-electron chi connectivity index (χ4n) is 4.14. The molecule has 3 aromatic rings. The zero-order valence-electron chi connectivity index (χ0n) is 20.3. The lowest BCUT2D eigenvalue weighted by molar-refractivity contribution is -0.122. The van der Waals surface area contributed by atoms with Crippen molar-refractivity contribution in [1.82, 2.24) is 9.88 Å². The first-order chi connectivity index (χ1) is 17.5. The maximum atomic E-state index is 13.7. The highest BCUT2D eigenvalue weighted by Gasteiger charge is 2.44. The van der Waals surface area contributed by atoms with Crippen LogP contribution < -0.4 is 19.1 Å². The Kier molecular flexibility index (Phi) is 7.48. The third kappa shape index (κ3) is 5.00. The summed E-state index contributed by atoms with van der Waals surface area (Å²) in [6.45, 7) is 2.48. The summed E-state index contributed by atoms with van der Waals surface area (Å²) in [5, 5.41) is 0. The second kappa shape index (κ2) is 10.9.